The van der Waals surface area contributed by atoms with Gasteiger partial charge in [0, 0.05) is 12.0 Å². The van der Waals surface area contributed by atoms with Crippen molar-refractivity contribution < 1.29 is 14.3 Å². The zero-order chi connectivity index (χ0) is 15.1. The maximum Gasteiger partial charge on any atom is 0.254 e. The molecule has 1 aromatic carbocycles. The third-order valence-electron chi connectivity index (χ3n) is 2.48. The Kier molecular flexibility index (Phi) is 4.95. The number of amides is 1. The molecule has 1 heterocycles. The molecular weight excluding hydrogens is 277 g/mol. The number of carbonyl (C=O) groups is 1. The van der Waals surface area contributed by atoms with E-state index in [4.69, 9.17) is 5.11 Å². The van der Waals surface area contributed by atoms with Gasteiger partial charge in [-0.2, -0.15) is 5.21 Å². The number of aliphatic hydroxyl groups is 1. The van der Waals surface area contributed by atoms with E-state index in [2.05, 4.69) is 37.8 Å². The second-order valence-corrected chi connectivity index (χ2v) is 3.98. The van der Waals surface area contributed by atoms with Crippen LogP contribution in [0.3, 0.4) is 0 Å². The van der Waals surface area contributed by atoms with Gasteiger partial charge in [0.25, 0.3) is 5.91 Å². The SMILES string of the molecule is O=C(NCc1nn[nH]n1)c1ccc(C#CCCO)cc1F. The molecule has 0 bridgehead atoms. The summed E-state index contributed by atoms with van der Waals surface area (Å²) in [6.45, 7) is -0.00111. The predicted molar refractivity (Wildman–Crippen MR) is 70.3 cm³/mol. The number of nitrogens with zero attached hydrogens (tertiary/aromatic N) is 3. The average molecular weight is 289 g/mol. The second kappa shape index (κ2) is 7.12. The minimum absolute atomic E-state index is 0.0484. The lowest BCUT2D eigenvalue weighted by molar-refractivity contribution is 0.0946. The fourth-order valence-corrected chi connectivity index (χ4v) is 1.51. The highest BCUT2D eigenvalue weighted by atomic mass is 19.1. The Hall–Kier alpha value is -2.79. The smallest absolute Gasteiger partial charge is 0.254 e. The van der Waals surface area contributed by atoms with Gasteiger partial charge in [-0.3, -0.25) is 4.79 Å². The molecule has 2 rings (SSSR count). The number of H-pyrrole nitrogens is 1. The van der Waals surface area contributed by atoms with Crippen molar-refractivity contribution in [3.8, 4) is 11.8 Å². The molecule has 108 valence electrons. The maximum absolute atomic E-state index is 13.8. The van der Waals surface area contributed by atoms with Crippen molar-refractivity contribution in [2.45, 2.75) is 13.0 Å². The van der Waals surface area contributed by atoms with Crippen molar-refractivity contribution in [1.82, 2.24) is 25.9 Å². The Balaban J connectivity index is 2.03. The summed E-state index contributed by atoms with van der Waals surface area (Å²) in [6.07, 6.45) is 0.314. The van der Waals surface area contributed by atoms with Crippen molar-refractivity contribution in [2.24, 2.45) is 0 Å². The van der Waals surface area contributed by atoms with Crippen LogP contribution in [0.25, 0.3) is 0 Å². The Bertz CT molecular complexity index is 676. The summed E-state index contributed by atoms with van der Waals surface area (Å²) in [7, 11) is 0. The molecule has 2 aromatic rings. The van der Waals surface area contributed by atoms with E-state index in [1.165, 1.54) is 18.2 Å². The summed E-state index contributed by atoms with van der Waals surface area (Å²) in [5.41, 5.74) is 0.349. The summed E-state index contributed by atoms with van der Waals surface area (Å²) in [5.74, 6) is 4.42. The highest BCUT2D eigenvalue weighted by Gasteiger charge is 2.12. The van der Waals surface area contributed by atoms with Crippen LogP contribution in [0.4, 0.5) is 4.39 Å². The molecule has 0 aliphatic heterocycles. The fourth-order valence-electron chi connectivity index (χ4n) is 1.51. The number of tetrazole rings is 1. The van der Waals surface area contributed by atoms with Gasteiger partial charge in [0.15, 0.2) is 5.82 Å². The molecule has 7 nitrogen and oxygen atoms in total. The van der Waals surface area contributed by atoms with E-state index in [-0.39, 0.29) is 18.7 Å². The number of aromatic amines is 1. The molecule has 0 radical (unpaired) electrons. The van der Waals surface area contributed by atoms with Crippen molar-refractivity contribution in [3.63, 3.8) is 0 Å². The van der Waals surface area contributed by atoms with Crippen LogP contribution in [0.1, 0.15) is 28.2 Å². The standard InChI is InChI=1S/C13H12FN5O2/c14-11-7-9(3-1-2-6-20)4-5-10(11)13(21)15-8-12-16-18-19-17-12/h4-5,7,20H,2,6,8H2,(H,15,21)(H,16,17,18,19). The highest BCUT2D eigenvalue weighted by molar-refractivity contribution is 5.94. The summed E-state index contributed by atoms with van der Waals surface area (Å²) in [6, 6.07) is 4.06. The summed E-state index contributed by atoms with van der Waals surface area (Å²) >= 11 is 0. The average Bonchev–Trinajstić information content (AvgIpc) is 2.98. The van der Waals surface area contributed by atoms with Gasteiger partial charge >= 0.3 is 0 Å². The van der Waals surface area contributed by atoms with Crippen molar-refractivity contribution >= 4 is 5.91 Å². The van der Waals surface area contributed by atoms with Crippen LogP contribution in [-0.4, -0.2) is 38.2 Å². The first-order chi connectivity index (χ1) is 10.2. The number of rotatable bonds is 4. The fraction of sp³-hybridized carbons (Fsp3) is 0.231. The molecule has 0 aliphatic carbocycles. The number of benzene rings is 1. The summed E-state index contributed by atoms with van der Waals surface area (Å²) < 4.78 is 13.8. The molecular formula is C13H12FN5O2. The molecule has 0 unspecified atom stereocenters. The number of aliphatic hydroxyl groups excluding tert-OH is 1. The van der Waals surface area contributed by atoms with Gasteiger partial charge < -0.3 is 10.4 Å². The predicted octanol–water partition coefficient (Wildman–Crippen LogP) is 0.00270. The van der Waals surface area contributed by atoms with Crippen LogP contribution in [0.5, 0.6) is 0 Å². The van der Waals surface area contributed by atoms with Gasteiger partial charge in [-0.05, 0) is 18.2 Å². The van der Waals surface area contributed by atoms with E-state index >= 15 is 0 Å². The second-order valence-electron chi connectivity index (χ2n) is 3.98. The van der Waals surface area contributed by atoms with E-state index in [9.17, 15) is 9.18 Å². The molecule has 21 heavy (non-hydrogen) atoms. The third-order valence-corrected chi connectivity index (χ3v) is 2.48. The maximum atomic E-state index is 13.8. The topological polar surface area (TPSA) is 104 Å². The minimum atomic E-state index is -0.670. The van der Waals surface area contributed by atoms with Crippen LogP contribution in [0, 0.1) is 17.7 Å². The number of hydrogen-bond acceptors (Lipinski definition) is 5. The van der Waals surface area contributed by atoms with Crippen LogP contribution in [0.2, 0.25) is 0 Å². The molecule has 0 saturated carbocycles. The van der Waals surface area contributed by atoms with Crippen molar-refractivity contribution in [2.75, 3.05) is 6.61 Å². The zero-order valence-corrected chi connectivity index (χ0v) is 10.9. The monoisotopic (exact) mass is 289 g/mol. The quantitative estimate of drug-likeness (QED) is 0.687. The molecule has 8 heteroatoms. The van der Waals surface area contributed by atoms with Gasteiger partial charge in [-0.1, -0.05) is 17.1 Å². The molecule has 0 saturated heterocycles. The van der Waals surface area contributed by atoms with E-state index < -0.39 is 11.7 Å². The first-order valence-electron chi connectivity index (χ1n) is 6.10. The third kappa shape index (κ3) is 4.09. The van der Waals surface area contributed by atoms with Crippen LogP contribution in [-0.2, 0) is 6.54 Å². The molecule has 0 spiro atoms. The lowest BCUT2D eigenvalue weighted by Gasteiger charge is -2.04. The van der Waals surface area contributed by atoms with Crippen LogP contribution in [0.15, 0.2) is 18.2 Å². The van der Waals surface area contributed by atoms with Crippen LogP contribution < -0.4 is 5.32 Å². The lowest BCUT2D eigenvalue weighted by atomic mass is 10.1. The van der Waals surface area contributed by atoms with E-state index in [0.29, 0.717) is 17.8 Å². The number of nitrogens with one attached hydrogen (secondary N) is 2. The van der Waals surface area contributed by atoms with Gasteiger partial charge in [-0.25, -0.2) is 4.39 Å². The minimum Gasteiger partial charge on any atom is -0.395 e. The van der Waals surface area contributed by atoms with Crippen molar-refractivity contribution in [1.29, 1.82) is 0 Å². The van der Waals surface area contributed by atoms with Crippen molar-refractivity contribution in [3.05, 3.63) is 41.0 Å². The Morgan fingerprint density at radius 3 is 3.00 bits per heavy atom. The van der Waals surface area contributed by atoms with Gasteiger partial charge in [0.1, 0.15) is 5.82 Å². The van der Waals surface area contributed by atoms with E-state index in [1.807, 2.05) is 0 Å². The normalized spacial score (nSPS) is 9.81. The van der Waals surface area contributed by atoms with E-state index in [0.717, 1.165) is 0 Å². The molecule has 1 amide bonds. The number of halogens is 1. The van der Waals surface area contributed by atoms with Gasteiger partial charge in [-0.15, -0.1) is 10.2 Å². The molecule has 1 aromatic heterocycles. The number of carbonyl (C=O) groups excluding carboxylic acids is 1. The largest absolute Gasteiger partial charge is 0.395 e. The van der Waals surface area contributed by atoms with Gasteiger partial charge in [0.2, 0.25) is 0 Å². The Labute approximate surface area is 119 Å². The lowest BCUT2D eigenvalue weighted by Crippen LogP contribution is -2.24. The summed E-state index contributed by atoms with van der Waals surface area (Å²) in [5, 5.41) is 24.0. The molecule has 0 aliphatic rings. The summed E-state index contributed by atoms with van der Waals surface area (Å²) in [4.78, 5) is 11.8. The number of hydrogen-bond donors (Lipinski definition) is 3. The van der Waals surface area contributed by atoms with Gasteiger partial charge in [0.05, 0.1) is 18.7 Å². The first-order valence-corrected chi connectivity index (χ1v) is 6.10. The number of aromatic nitrogens is 4. The molecule has 0 fully saturated rings. The highest BCUT2D eigenvalue weighted by Crippen LogP contribution is 2.10. The first kappa shape index (κ1) is 14.6. The zero-order valence-electron chi connectivity index (χ0n) is 10.9. The Morgan fingerprint density at radius 2 is 2.33 bits per heavy atom. The van der Waals surface area contributed by atoms with Crippen LogP contribution >= 0.6 is 0 Å². The molecule has 3 N–H and O–H groups in total. The Morgan fingerprint density at radius 1 is 1.48 bits per heavy atom. The molecule has 0 atom stereocenters. The van der Waals surface area contributed by atoms with E-state index in [1.54, 1.807) is 0 Å².